The molecule has 0 saturated heterocycles. The van der Waals surface area contributed by atoms with E-state index in [1.54, 1.807) is 41.5 Å². The van der Waals surface area contributed by atoms with Gasteiger partial charge in [-0.2, -0.15) is 0 Å². The van der Waals surface area contributed by atoms with Crippen LogP contribution in [-0.4, -0.2) is 137 Å². The van der Waals surface area contributed by atoms with Crippen LogP contribution in [0, 0.1) is 29.1 Å². The average molecular weight is 956 g/mol. The van der Waals surface area contributed by atoms with Crippen LogP contribution >= 0.6 is 0 Å². The Bertz CT molecular complexity index is 1710. The van der Waals surface area contributed by atoms with Crippen LogP contribution in [0.3, 0.4) is 0 Å². The Labute approximate surface area is 391 Å². The quantitative estimate of drug-likeness (QED) is 0.0172. The zero-order valence-corrected chi connectivity index (χ0v) is 40.0. The molecule has 9 amide bonds. The number of aliphatic carboxylic acids is 1. The van der Waals surface area contributed by atoms with Gasteiger partial charge in [-0.25, -0.2) is 4.79 Å². The van der Waals surface area contributed by atoms with Crippen molar-refractivity contribution in [3.8, 4) is 0 Å². The van der Waals surface area contributed by atoms with Crippen molar-refractivity contribution in [2.24, 2.45) is 46.6 Å². The van der Waals surface area contributed by atoms with Crippen molar-refractivity contribution in [1.82, 2.24) is 42.5 Å². The van der Waals surface area contributed by atoms with E-state index in [2.05, 4.69) is 42.5 Å². The van der Waals surface area contributed by atoms with Crippen LogP contribution in [0.2, 0.25) is 0 Å². The molecular weight excluding hydrogens is 879 g/mol. The van der Waals surface area contributed by atoms with Gasteiger partial charge in [0.2, 0.25) is 53.2 Å². The molecule has 0 aromatic carbocycles. The van der Waals surface area contributed by atoms with Crippen molar-refractivity contribution in [2.75, 3.05) is 13.2 Å². The molecule has 382 valence electrons. The summed E-state index contributed by atoms with van der Waals surface area (Å²) in [5.41, 5.74) is 21.9. The van der Waals surface area contributed by atoms with Gasteiger partial charge in [0, 0.05) is 19.4 Å². The topological polar surface area (TPSA) is 435 Å². The maximum absolute atomic E-state index is 13.9. The van der Waals surface area contributed by atoms with Crippen molar-refractivity contribution in [3.05, 3.63) is 0 Å². The van der Waals surface area contributed by atoms with E-state index in [0.29, 0.717) is 12.8 Å². The maximum atomic E-state index is 13.9. The fourth-order valence-electron chi connectivity index (χ4n) is 6.50. The Morgan fingerprint density at radius 2 is 0.955 bits per heavy atom. The fourth-order valence-corrected chi connectivity index (χ4v) is 6.50. The molecule has 67 heavy (non-hydrogen) atoms. The Morgan fingerprint density at radius 3 is 1.40 bits per heavy atom. The lowest BCUT2D eigenvalue weighted by atomic mass is 9.97. The number of aliphatic hydroxyl groups excluding tert-OH is 1. The van der Waals surface area contributed by atoms with Gasteiger partial charge < -0.3 is 75.7 Å². The number of carboxylic acids is 1. The van der Waals surface area contributed by atoms with E-state index >= 15 is 0 Å². The van der Waals surface area contributed by atoms with Crippen LogP contribution in [0.4, 0.5) is 0 Å². The number of nitrogens with two attached hydrogens (primary N) is 4. The predicted molar refractivity (Wildman–Crippen MR) is 245 cm³/mol. The van der Waals surface area contributed by atoms with Crippen LogP contribution in [0.25, 0.3) is 0 Å². The third-order valence-electron chi connectivity index (χ3n) is 10.5. The number of aliphatic hydroxyl groups is 1. The van der Waals surface area contributed by atoms with E-state index in [-0.39, 0.29) is 62.9 Å². The van der Waals surface area contributed by atoms with Crippen molar-refractivity contribution in [2.45, 2.75) is 162 Å². The molecule has 0 bridgehead atoms. The zero-order chi connectivity index (χ0) is 51.7. The largest absolute Gasteiger partial charge is 0.480 e. The maximum Gasteiger partial charge on any atom is 0.326 e. The first-order chi connectivity index (χ1) is 31.1. The summed E-state index contributed by atoms with van der Waals surface area (Å²) < 4.78 is 0. The Hall–Kier alpha value is -6.11. The number of carbonyl (C=O) groups is 10. The molecule has 0 unspecified atom stereocenters. The molecule has 0 radical (unpaired) electrons. The molecule has 25 nitrogen and oxygen atoms in total. The number of primary amides is 2. The Kier molecular flexibility index (Phi) is 28.1. The third kappa shape index (κ3) is 24.3. The number of carboxylic acid groups (broad SMARTS) is 1. The molecule has 0 fully saturated rings. The van der Waals surface area contributed by atoms with Gasteiger partial charge in [-0.15, -0.1) is 0 Å². The lowest BCUT2D eigenvalue weighted by molar-refractivity contribution is -0.143. The molecular formula is C42H77N13O12. The number of rotatable bonds is 33. The average Bonchev–Trinajstić information content (AvgIpc) is 3.22. The molecule has 0 aromatic rings. The molecule has 0 saturated carbocycles. The first-order valence-electron chi connectivity index (χ1n) is 22.5. The molecule has 0 aliphatic rings. The fraction of sp³-hybridized carbons (Fsp3) is 0.738. The normalized spacial score (nSPS) is 15.2. The van der Waals surface area contributed by atoms with Gasteiger partial charge in [-0.3, -0.25) is 48.6 Å². The van der Waals surface area contributed by atoms with E-state index in [1.165, 1.54) is 0 Å². The Morgan fingerprint density at radius 1 is 0.537 bits per heavy atom. The van der Waals surface area contributed by atoms with Gasteiger partial charge in [0.1, 0.15) is 42.3 Å². The van der Waals surface area contributed by atoms with E-state index in [0.717, 1.165) is 0 Å². The smallest absolute Gasteiger partial charge is 0.326 e. The second-order valence-corrected chi connectivity index (χ2v) is 17.8. The number of hydrogen-bond acceptors (Lipinski definition) is 13. The summed E-state index contributed by atoms with van der Waals surface area (Å²) in [6.07, 6.45) is -0.499. The van der Waals surface area contributed by atoms with Crippen LogP contribution in [-0.2, 0) is 47.9 Å². The van der Waals surface area contributed by atoms with E-state index in [9.17, 15) is 58.2 Å². The monoisotopic (exact) mass is 956 g/mol. The molecule has 0 aliphatic heterocycles. The van der Waals surface area contributed by atoms with E-state index in [4.69, 9.17) is 28.3 Å². The summed E-state index contributed by atoms with van der Waals surface area (Å²) in [4.78, 5) is 130. The minimum atomic E-state index is -1.67. The van der Waals surface area contributed by atoms with Gasteiger partial charge in [0.05, 0.1) is 12.6 Å². The summed E-state index contributed by atoms with van der Waals surface area (Å²) in [5.74, 6) is -10.8. The van der Waals surface area contributed by atoms with E-state index in [1.807, 2.05) is 13.8 Å². The lowest BCUT2D eigenvalue weighted by Gasteiger charge is -2.29. The molecule has 0 aliphatic carbocycles. The predicted octanol–water partition coefficient (Wildman–Crippen LogP) is -3.63. The molecule has 0 heterocycles. The molecule has 19 N–H and O–H groups in total. The minimum absolute atomic E-state index is 0.0336. The lowest BCUT2D eigenvalue weighted by Crippen LogP contribution is -2.61. The highest BCUT2D eigenvalue weighted by molar-refractivity contribution is 5.98. The molecule has 0 rings (SSSR count). The second kappa shape index (κ2) is 31.0. The molecule has 25 heteroatoms. The highest BCUT2D eigenvalue weighted by Gasteiger charge is 2.36. The number of nitrogens with one attached hydrogen (secondary N) is 9. The number of hydrogen-bond donors (Lipinski definition) is 15. The van der Waals surface area contributed by atoms with Crippen LogP contribution in [0.1, 0.15) is 113 Å². The molecule has 0 spiro atoms. The molecule has 9 atom stereocenters. The van der Waals surface area contributed by atoms with Crippen molar-refractivity contribution in [3.63, 3.8) is 0 Å². The molecule has 0 aromatic heterocycles. The first-order valence-corrected chi connectivity index (χ1v) is 22.5. The third-order valence-corrected chi connectivity index (χ3v) is 10.5. The summed E-state index contributed by atoms with van der Waals surface area (Å²) in [5, 5.41) is 47.1. The van der Waals surface area contributed by atoms with Crippen molar-refractivity contribution < 1.29 is 58.2 Å². The number of guanidine groups is 1. The van der Waals surface area contributed by atoms with Crippen molar-refractivity contribution in [1.29, 1.82) is 5.41 Å². The van der Waals surface area contributed by atoms with Gasteiger partial charge in [0.15, 0.2) is 5.96 Å². The second-order valence-electron chi connectivity index (χ2n) is 17.8. The van der Waals surface area contributed by atoms with Crippen LogP contribution in [0.5, 0.6) is 0 Å². The van der Waals surface area contributed by atoms with Gasteiger partial charge >= 0.3 is 5.97 Å². The summed E-state index contributed by atoms with van der Waals surface area (Å²) >= 11 is 0. The van der Waals surface area contributed by atoms with Crippen LogP contribution in [0.15, 0.2) is 0 Å². The standard InChI is InChI=1S/C42H77N13O12/c1-9-23(8)33(40(65)51-27(41(66)67)11-10-16-48-42(46)47)55-38(63)29(19-56)53-37(62)28(18-21(4)5)52-35(60)25(12-14-30(44)57)50-39(64)32(22(6)7)54-36(61)26(13-15-31(45)58)49-34(59)24(43)17-20(2)3/h20-29,32-33,56H,9-19,43H2,1-8H3,(H2,44,57)(H2,45,58)(H,49,59)(H,50,64)(H,51,65)(H,52,60)(H,53,62)(H,54,61)(H,55,63)(H,66,67)(H4,46,47,48)/t23-,24-,25-,26-,27-,28-,29-,32-,33-/m0/s1. The van der Waals surface area contributed by atoms with Gasteiger partial charge in [-0.1, -0.05) is 61.8 Å². The Balaban J connectivity index is 6.38. The number of carbonyl (C=O) groups excluding carboxylic acids is 9. The minimum Gasteiger partial charge on any atom is -0.480 e. The first kappa shape index (κ1) is 60.9. The van der Waals surface area contributed by atoms with Gasteiger partial charge in [0.25, 0.3) is 0 Å². The summed E-state index contributed by atoms with van der Waals surface area (Å²) in [6.45, 7) is 12.9. The summed E-state index contributed by atoms with van der Waals surface area (Å²) in [6, 6.07) is -10.9. The van der Waals surface area contributed by atoms with Gasteiger partial charge in [-0.05, 0) is 62.2 Å². The highest BCUT2D eigenvalue weighted by atomic mass is 16.4. The SMILES string of the molecule is CC[C@H](C)[C@H](NC(=O)[C@H](CO)NC(=O)[C@H](CC(C)C)NC(=O)[C@H](CCC(N)=O)NC(=O)[C@@H](NC(=O)[C@H](CCC(N)=O)NC(=O)[C@@H](N)CC(C)C)C(C)C)C(=O)N[C@@H](CCCNC(=N)N)C(=O)O. The van der Waals surface area contributed by atoms with Crippen molar-refractivity contribution >= 4 is 65.1 Å². The zero-order valence-electron chi connectivity index (χ0n) is 40.0. The number of amides is 9. The van der Waals surface area contributed by atoms with Crippen LogP contribution < -0.4 is 65.5 Å². The highest BCUT2D eigenvalue weighted by Crippen LogP contribution is 2.13. The van der Waals surface area contributed by atoms with E-state index < -0.39 is 132 Å². The summed E-state index contributed by atoms with van der Waals surface area (Å²) in [7, 11) is 0.